The van der Waals surface area contributed by atoms with Gasteiger partial charge in [0.1, 0.15) is 12.0 Å². The molecule has 0 bridgehead atoms. The average Bonchev–Trinajstić information content (AvgIpc) is 3.20. The maximum atomic E-state index is 12.9. The van der Waals surface area contributed by atoms with Crippen LogP contribution in [0.2, 0.25) is 0 Å². The number of nitrogens with two attached hydrogens (primary N) is 3. The van der Waals surface area contributed by atoms with Crippen LogP contribution >= 0.6 is 0 Å². The van der Waals surface area contributed by atoms with Gasteiger partial charge < -0.3 is 21.5 Å². The Morgan fingerprint density at radius 1 is 1.18 bits per heavy atom. The lowest BCUT2D eigenvalue weighted by Gasteiger charge is -2.23. The van der Waals surface area contributed by atoms with E-state index in [1.165, 1.54) is 18.2 Å². The highest BCUT2D eigenvalue weighted by molar-refractivity contribution is 5.78. The summed E-state index contributed by atoms with van der Waals surface area (Å²) in [5.41, 5.74) is 15.6. The Kier molecular flexibility index (Phi) is 10.4. The monoisotopic (exact) mass is 561 g/mol. The summed E-state index contributed by atoms with van der Waals surface area (Å²) in [4.78, 5) is 10.9. The number of hydrogen-bond acceptors (Lipinski definition) is 8. The first kappa shape index (κ1) is 32.2. The van der Waals surface area contributed by atoms with E-state index in [2.05, 4.69) is 10.4 Å². The van der Waals surface area contributed by atoms with Crippen LogP contribution in [-0.4, -0.2) is 28.7 Å². The number of anilines is 2. The molecule has 1 aromatic heterocycles. The largest absolute Gasteiger partial charge is 0.496 e. The number of carbonyl (C=O) groups excluding carboxylic acids is 1. The van der Waals surface area contributed by atoms with Crippen LogP contribution in [0.4, 0.5) is 24.5 Å². The van der Waals surface area contributed by atoms with Gasteiger partial charge in [-0.15, -0.1) is 0 Å². The third kappa shape index (κ3) is 8.48. The first-order valence-electron chi connectivity index (χ1n) is 12.3. The molecule has 0 radical (unpaired) electrons. The van der Waals surface area contributed by atoms with Crippen LogP contribution in [-0.2, 0) is 19.8 Å². The molecule has 0 unspecified atom stereocenters. The molecule has 0 atom stereocenters. The number of aryl methyl sites for hydroxylation is 2. The fourth-order valence-electron chi connectivity index (χ4n) is 3.71. The Morgan fingerprint density at radius 2 is 1.82 bits per heavy atom. The molecule has 0 amide bonds. The lowest BCUT2D eigenvalue weighted by molar-refractivity contribution is -0.138. The van der Waals surface area contributed by atoms with Crippen molar-refractivity contribution < 1.29 is 22.7 Å². The number of halogens is 3. The van der Waals surface area contributed by atoms with E-state index >= 15 is 0 Å². The normalized spacial score (nSPS) is 12.0. The van der Waals surface area contributed by atoms with Gasteiger partial charge in [0.2, 0.25) is 0 Å². The number of nitrogens with one attached hydrogen (secondary N) is 1. The molecule has 0 aliphatic rings. The standard InChI is InChI=1S/C15H19N5O.C13H19F3N2O/c1-10-4-5-12(9-21)6-15(10)20(17)8-14(16)13-7-18-19(3)11(13)2;1-12(2,3)18-7-8-5-9(17)6-10(11(8)19-4)13(14,15)16/h4-9H,16-17H2,1-3H3;5-6,18H,7,17H2,1-4H3/b14-8-;. The molecule has 3 rings (SSSR count). The van der Waals surface area contributed by atoms with Crippen molar-refractivity contribution in [3.63, 3.8) is 0 Å². The van der Waals surface area contributed by atoms with Crippen LogP contribution in [0.15, 0.2) is 42.7 Å². The molecule has 40 heavy (non-hydrogen) atoms. The Bertz CT molecular complexity index is 1360. The molecule has 0 aliphatic heterocycles. The summed E-state index contributed by atoms with van der Waals surface area (Å²) < 4.78 is 45.4. The first-order chi connectivity index (χ1) is 18.5. The predicted molar refractivity (Wildman–Crippen MR) is 152 cm³/mol. The molecule has 0 aliphatic carbocycles. The van der Waals surface area contributed by atoms with Crippen molar-refractivity contribution in [2.45, 2.75) is 52.9 Å². The molecule has 1 heterocycles. The molecular weight excluding hydrogens is 523 g/mol. The zero-order chi connectivity index (χ0) is 30.4. The lowest BCUT2D eigenvalue weighted by Crippen LogP contribution is -2.35. The van der Waals surface area contributed by atoms with E-state index in [-0.39, 0.29) is 23.5 Å². The van der Waals surface area contributed by atoms with Gasteiger partial charge in [-0.3, -0.25) is 14.5 Å². The minimum Gasteiger partial charge on any atom is -0.496 e. The summed E-state index contributed by atoms with van der Waals surface area (Å²) in [5, 5.41) is 8.69. The van der Waals surface area contributed by atoms with Gasteiger partial charge in [-0.2, -0.15) is 18.3 Å². The molecule has 218 valence electrons. The smallest absolute Gasteiger partial charge is 0.420 e. The number of aldehydes is 1. The zero-order valence-corrected chi connectivity index (χ0v) is 23.8. The van der Waals surface area contributed by atoms with Crippen molar-refractivity contribution in [1.82, 2.24) is 15.1 Å². The van der Waals surface area contributed by atoms with Gasteiger partial charge in [0, 0.05) is 53.4 Å². The molecule has 2 aromatic carbocycles. The number of benzene rings is 2. The Morgan fingerprint density at radius 3 is 2.33 bits per heavy atom. The van der Waals surface area contributed by atoms with Gasteiger partial charge in [0.05, 0.1) is 30.3 Å². The number of methoxy groups -OCH3 is 1. The summed E-state index contributed by atoms with van der Waals surface area (Å²) in [7, 11) is 3.07. The molecule has 9 nitrogen and oxygen atoms in total. The van der Waals surface area contributed by atoms with E-state index in [9.17, 15) is 18.0 Å². The number of hydrazine groups is 1. The third-order valence-electron chi connectivity index (χ3n) is 5.98. The maximum absolute atomic E-state index is 12.9. The summed E-state index contributed by atoms with van der Waals surface area (Å²) >= 11 is 0. The van der Waals surface area contributed by atoms with Crippen molar-refractivity contribution in [2.24, 2.45) is 18.6 Å². The average molecular weight is 562 g/mol. The molecule has 0 fully saturated rings. The number of nitrogen functional groups attached to an aromatic ring is 1. The van der Waals surface area contributed by atoms with Crippen LogP contribution in [0.3, 0.4) is 0 Å². The highest BCUT2D eigenvalue weighted by atomic mass is 19.4. The van der Waals surface area contributed by atoms with Gasteiger partial charge in [0.25, 0.3) is 0 Å². The Labute approximate surface area is 232 Å². The van der Waals surface area contributed by atoms with E-state index < -0.39 is 11.7 Å². The molecular formula is C28H38F3N7O2. The van der Waals surface area contributed by atoms with Crippen molar-refractivity contribution in [3.05, 3.63) is 76.2 Å². The molecule has 0 spiro atoms. The quantitative estimate of drug-likeness (QED) is 0.141. The number of hydrogen-bond donors (Lipinski definition) is 4. The van der Waals surface area contributed by atoms with E-state index in [0.29, 0.717) is 16.8 Å². The van der Waals surface area contributed by atoms with E-state index in [1.54, 1.807) is 29.2 Å². The van der Waals surface area contributed by atoms with Gasteiger partial charge in [-0.1, -0.05) is 12.1 Å². The molecule has 12 heteroatoms. The second kappa shape index (κ2) is 12.9. The van der Waals surface area contributed by atoms with E-state index in [0.717, 1.165) is 34.9 Å². The molecule has 0 saturated heterocycles. The van der Waals surface area contributed by atoms with Crippen LogP contribution in [0.25, 0.3) is 5.70 Å². The van der Waals surface area contributed by atoms with Crippen molar-refractivity contribution >= 4 is 23.4 Å². The van der Waals surface area contributed by atoms with Crippen LogP contribution in [0.5, 0.6) is 5.75 Å². The van der Waals surface area contributed by atoms with Gasteiger partial charge in [-0.25, -0.2) is 5.84 Å². The van der Waals surface area contributed by atoms with Gasteiger partial charge in [-0.05, 0) is 58.4 Å². The fourth-order valence-corrected chi connectivity index (χ4v) is 3.71. The number of aromatic nitrogens is 2. The van der Waals surface area contributed by atoms with Crippen molar-refractivity contribution in [1.29, 1.82) is 0 Å². The van der Waals surface area contributed by atoms with E-state index in [1.807, 2.05) is 47.7 Å². The Hall–Kier alpha value is -4.03. The van der Waals surface area contributed by atoms with Crippen LogP contribution in [0.1, 0.15) is 59.1 Å². The minimum atomic E-state index is -4.49. The van der Waals surface area contributed by atoms with Gasteiger partial charge in [0.15, 0.2) is 0 Å². The molecule has 0 saturated carbocycles. The summed E-state index contributed by atoms with van der Waals surface area (Å²) in [6.45, 7) is 9.88. The first-order valence-corrected chi connectivity index (χ1v) is 12.3. The zero-order valence-electron chi connectivity index (χ0n) is 23.8. The number of alkyl halides is 3. The SMILES string of the molecule is COc1c(CNC(C)(C)C)cc(N)cc1C(F)(F)F.Cc1ccc(C=O)cc1N(N)/C=C(\N)c1cnn(C)c1C. The Balaban J connectivity index is 0.000000282. The predicted octanol–water partition coefficient (Wildman–Crippen LogP) is 4.67. The lowest BCUT2D eigenvalue weighted by atomic mass is 10.0. The summed E-state index contributed by atoms with van der Waals surface area (Å²) in [6.07, 6.45) is -0.378. The number of ether oxygens (including phenoxy) is 1. The highest BCUT2D eigenvalue weighted by Crippen LogP contribution is 2.39. The van der Waals surface area contributed by atoms with Crippen LogP contribution < -0.4 is 32.4 Å². The second-order valence-electron chi connectivity index (χ2n) is 10.3. The number of nitrogens with zero attached hydrogens (tertiary/aromatic N) is 3. The molecule has 7 N–H and O–H groups in total. The summed E-state index contributed by atoms with van der Waals surface area (Å²) in [5.74, 6) is 5.87. The van der Waals surface area contributed by atoms with Crippen LogP contribution in [0, 0.1) is 13.8 Å². The highest BCUT2D eigenvalue weighted by Gasteiger charge is 2.35. The summed E-state index contributed by atoms with van der Waals surface area (Å²) in [6, 6.07) is 7.70. The third-order valence-corrected chi connectivity index (χ3v) is 5.98. The molecule has 3 aromatic rings. The number of carbonyl (C=O) groups is 1. The van der Waals surface area contributed by atoms with Crippen molar-refractivity contribution in [3.8, 4) is 5.75 Å². The minimum absolute atomic E-state index is 0.0684. The van der Waals surface area contributed by atoms with Gasteiger partial charge >= 0.3 is 6.18 Å². The maximum Gasteiger partial charge on any atom is 0.420 e. The second-order valence-corrected chi connectivity index (χ2v) is 10.3. The topological polar surface area (TPSA) is 137 Å². The number of rotatable bonds is 7. The van der Waals surface area contributed by atoms with Crippen molar-refractivity contribution in [2.75, 3.05) is 17.9 Å². The fraction of sp³-hybridized carbons (Fsp3) is 0.357. The van der Waals surface area contributed by atoms with E-state index in [4.69, 9.17) is 22.0 Å².